The first-order chi connectivity index (χ1) is 9.50. The van der Waals surface area contributed by atoms with Gasteiger partial charge in [0.2, 0.25) is 0 Å². The highest BCUT2D eigenvalue weighted by molar-refractivity contribution is 5.85. The lowest BCUT2D eigenvalue weighted by molar-refractivity contribution is 0.310. The van der Waals surface area contributed by atoms with Gasteiger partial charge in [-0.25, -0.2) is 0 Å². The number of benzene rings is 2. The first kappa shape index (κ1) is 20.9. The summed E-state index contributed by atoms with van der Waals surface area (Å²) in [7, 11) is 0. The summed E-state index contributed by atoms with van der Waals surface area (Å²) < 4.78 is 0. The highest BCUT2D eigenvalue weighted by Gasteiger charge is 2.27. The Morgan fingerprint density at radius 2 is 1.18 bits per heavy atom. The maximum absolute atomic E-state index is 6.11. The molecule has 0 aliphatic rings. The van der Waals surface area contributed by atoms with Crippen LogP contribution < -0.4 is 11.1 Å². The molecular weight excluding hydrogens is 315 g/mol. The molecule has 0 saturated carbocycles. The van der Waals surface area contributed by atoms with Crippen molar-refractivity contribution in [3.63, 3.8) is 0 Å². The molecule has 2 rings (SSSR count). The van der Waals surface area contributed by atoms with Crippen molar-refractivity contribution in [2.45, 2.75) is 38.4 Å². The maximum atomic E-state index is 6.11. The molecule has 0 aliphatic carbocycles. The average molecular weight is 341 g/mol. The van der Waals surface area contributed by atoms with Gasteiger partial charge in [-0.1, -0.05) is 60.7 Å². The number of nitrogens with two attached hydrogens (primary N) is 1. The van der Waals surface area contributed by atoms with Gasteiger partial charge in [0.1, 0.15) is 0 Å². The van der Waals surface area contributed by atoms with Crippen LogP contribution in [0, 0.1) is 0 Å². The van der Waals surface area contributed by atoms with E-state index in [4.69, 9.17) is 5.73 Å². The SMILES string of the molecule is CC(N)C(C)(C)NC(c1ccccc1)c1ccccc1.Cl.Cl. The van der Waals surface area contributed by atoms with Gasteiger partial charge in [0.05, 0.1) is 6.04 Å². The van der Waals surface area contributed by atoms with Crippen LogP contribution in [0.15, 0.2) is 60.7 Å². The molecule has 0 saturated heterocycles. The summed E-state index contributed by atoms with van der Waals surface area (Å²) in [5, 5.41) is 3.70. The summed E-state index contributed by atoms with van der Waals surface area (Å²) in [4.78, 5) is 0. The zero-order valence-electron chi connectivity index (χ0n) is 13.3. The van der Waals surface area contributed by atoms with Crippen LogP contribution in [0.1, 0.15) is 37.9 Å². The van der Waals surface area contributed by atoms with E-state index in [2.05, 4.69) is 67.7 Å². The van der Waals surface area contributed by atoms with E-state index in [9.17, 15) is 0 Å². The molecule has 0 fully saturated rings. The van der Waals surface area contributed by atoms with Crippen molar-refractivity contribution in [2.75, 3.05) is 0 Å². The largest absolute Gasteiger partial charge is 0.326 e. The minimum Gasteiger partial charge on any atom is -0.326 e. The number of halogens is 2. The number of rotatable bonds is 5. The van der Waals surface area contributed by atoms with Crippen molar-refractivity contribution in [1.29, 1.82) is 0 Å². The zero-order valence-corrected chi connectivity index (χ0v) is 15.0. The van der Waals surface area contributed by atoms with Gasteiger partial charge in [-0.3, -0.25) is 5.32 Å². The smallest absolute Gasteiger partial charge is 0.0581 e. The van der Waals surface area contributed by atoms with Gasteiger partial charge < -0.3 is 5.73 Å². The van der Waals surface area contributed by atoms with Crippen molar-refractivity contribution in [3.8, 4) is 0 Å². The number of hydrogen-bond acceptors (Lipinski definition) is 2. The monoisotopic (exact) mass is 340 g/mol. The molecule has 122 valence electrons. The second kappa shape index (κ2) is 9.16. The highest BCUT2D eigenvalue weighted by Crippen LogP contribution is 2.25. The Hall–Kier alpha value is -1.06. The molecule has 0 aliphatic heterocycles. The molecule has 3 N–H and O–H groups in total. The Kier molecular flexibility index (Phi) is 8.72. The molecule has 0 radical (unpaired) electrons. The van der Waals surface area contributed by atoms with Crippen molar-refractivity contribution in [1.82, 2.24) is 5.32 Å². The summed E-state index contributed by atoms with van der Waals surface area (Å²) in [6.07, 6.45) is 0. The Labute approximate surface area is 146 Å². The van der Waals surface area contributed by atoms with Crippen molar-refractivity contribution in [3.05, 3.63) is 71.8 Å². The van der Waals surface area contributed by atoms with E-state index in [1.807, 2.05) is 19.1 Å². The topological polar surface area (TPSA) is 38.0 Å². The van der Waals surface area contributed by atoms with Crippen molar-refractivity contribution in [2.24, 2.45) is 5.73 Å². The molecule has 4 heteroatoms. The average Bonchev–Trinajstić information content (AvgIpc) is 2.46. The summed E-state index contributed by atoms with van der Waals surface area (Å²) in [5.41, 5.74) is 8.48. The lowest BCUT2D eigenvalue weighted by Crippen LogP contribution is -2.53. The third-order valence-electron chi connectivity index (χ3n) is 3.92. The molecule has 0 bridgehead atoms. The molecule has 0 heterocycles. The van der Waals surface area contributed by atoms with E-state index >= 15 is 0 Å². The summed E-state index contributed by atoms with van der Waals surface area (Å²) >= 11 is 0. The Morgan fingerprint density at radius 1 is 0.818 bits per heavy atom. The minimum atomic E-state index is -0.143. The van der Waals surface area contributed by atoms with Crippen LogP contribution in [0.2, 0.25) is 0 Å². The lowest BCUT2D eigenvalue weighted by atomic mass is 9.91. The fourth-order valence-electron chi connectivity index (χ4n) is 2.15. The molecule has 0 spiro atoms. The lowest BCUT2D eigenvalue weighted by Gasteiger charge is -2.35. The van der Waals surface area contributed by atoms with Gasteiger partial charge in [-0.15, -0.1) is 24.8 Å². The molecule has 0 aromatic heterocycles. The minimum absolute atomic E-state index is 0. The standard InChI is InChI=1S/C18H24N2.2ClH/c1-14(19)18(2,3)20-17(15-10-6-4-7-11-15)16-12-8-5-9-13-16;;/h4-14,17,20H,19H2,1-3H3;2*1H. The summed E-state index contributed by atoms with van der Waals surface area (Å²) in [6.45, 7) is 6.34. The number of hydrogen-bond donors (Lipinski definition) is 2. The second-order valence-electron chi connectivity index (χ2n) is 5.91. The number of nitrogens with one attached hydrogen (secondary N) is 1. The van der Waals surface area contributed by atoms with Crippen molar-refractivity contribution >= 4 is 24.8 Å². The molecule has 1 unspecified atom stereocenters. The highest BCUT2D eigenvalue weighted by atomic mass is 35.5. The van der Waals surface area contributed by atoms with Gasteiger partial charge in [-0.05, 0) is 31.9 Å². The van der Waals surface area contributed by atoms with Gasteiger partial charge >= 0.3 is 0 Å². The Morgan fingerprint density at radius 3 is 1.50 bits per heavy atom. The predicted molar refractivity (Wildman–Crippen MR) is 100 cm³/mol. The van der Waals surface area contributed by atoms with Crippen LogP contribution in [-0.2, 0) is 0 Å². The van der Waals surface area contributed by atoms with Gasteiger partial charge in [0, 0.05) is 11.6 Å². The fraction of sp³-hybridized carbons (Fsp3) is 0.333. The first-order valence-electron chi connectivity index (χ1n) is 7.14. The summed E-state index contributed by atoms with van der Waals surface area (Å²) in [5.74, 6) is 0. The predicted octanol–water partition coefficient (Wildman–Crippen LogP) is 4.34. The molecule has 22 heavy (non-hydrogen) atoms. The maximum Gasteiger partial charge on any atom is 0.0581 e. The zero-order chi connectivity index (χ0) is 14.6. The van der Waals surface area contributed by atoms with Crippen LogP contribution in [0.25, 0.3) is 0 Å². The second-order valence-corrected chi connectivity index (χ2v) is 5.91. The van der Waals surface area contributed by atoms with Gasteiger partial charge in [0.15, 0.2) is 0 Å². The quantitative estimate of drug-likeness (QED) is 0.849. The van der Waals surface area contributed by atoms with E-state index in [0.717, 1.165) is 0 Å². The van der Waals surface area contributed by atoms with E-state index < -0.39 is 0 Å². The van der Waals surface area contributed by atoms with E-state index in [-0.39, 0.29) is 42.4 Å². The van der Waals surface area contributed by atoms with E-state index in [1.165, 1.54) is 11.1 Å². The molecule has 0 amide bonds. The normalized spacial score (nSPS) is 12.2. The van der Waals surface area contributed by atoms with Gasteiger partial charge in [-0.2, -0.15) is 0 Å². The third-order valence-corrected chi connectivity index (χ3v) is 3.92. The first-order valence-corrected chi connectivity index (χ1v) is 7.14. The molecule has 2 aromatic carbocycles. The van der Waals surface area contributed by atoms with Crippen molar-refractivity contribution < 1.29 is 0 Å². The van der Waals surface area contributed by atoms with Gasteiger partial charge in [0.25, 0.3) is 0 Å². The molecule has 2 aromatic rings. The van der Waals surface area contributed by atoms with Crippen LogP contribution in [-0.4, -0.2) is 11.6 Å². The summed E-state index contributed by atoms with van der Waals surface area (Å²) in [6, 6.07) is 21.2. The van der Waals surface area contributed by atoms with E-state index in [1.54, 1.807) is 0 Å². The van der Waals surface area contributed by atoms with E-state index in [0.29, 0.717) is 0 Å². The van der Waals surface area contributed by atoms with Crippen LogP contribution in [0.5, 0.6) is 0 Å². The molecule has 1 atom stereocenters. The van der Waals surface area contributed by atoms with Crippen LogP contribution in [0.3, 0.4) is 0 Å². The van der Waals surface area contributed by atoms with Crippen LogP contribution in [0.4, 0.5) is 0 Å². The third kappa shape index (κ3) is 5.29. The molecular formula is C18H26Cl2N2. The fourth-order valence-corrected chi connectivity index (χ4v) is 2.15. The van der Waals surface area contributed by atoms with Crippen LogP contribution >= 0.6 is 24.8 Å². The Balaban J connectivity index is 0.00000220. The molecule has 2 nitrogen and oxygen atoms in total. The Bertz CT molecular complexity index is 488.